The van der Waals surface area contributed by atoms with E-state index < -0.39 is 440 Å². The summed E-state index contributed by atoms with van der Waals surface area (Å²) >= 11 is 0. The van der Waals surface area contributed by atoms with Crippen molar-refractivity contribution >= 4 is 29.5 Å². The zero-order valence-electron chi connectivity index (χ0n) is 73.6. The SMILES string of the molecule is CC(=O)N[C@@H]1[C@@H](O)[C@H](O[C@@H]2O[C@H](CO)[C@@H](O[C@@H]3O[C@H](CO[C@H]4O[C@H](CO)[C@@H](O)[C@H](O)[C@@H]4O[C@@H]4O[C@H](CO)[C@@H](O[C@@H]5O[C@H](CO)[C@H](O)[C@H](O)[C@H]5O)[C@H](O)[C@H]4NC(C)=O)[C@@H](O)[C@H](O[C@H]4O[C@H](CO)[C@@H](O)[C@H](O)[C@@H]4O[C@@H]4O[C@H](CO)[C@@H](O[C@@H]5O[C@H](CO)[C@H](O)[C@H](O[C@@H]6O[C@H](CO)[C@@H](O[C@@H]7O[C@H](CO)[C@H](O)[C@H](O)[C@H]7O)[C@H](O)[C@H]6NC(C)=O)[C@H]5O)[C@H](O)[C@H]4NC(C)=O)[C@@H]3O)[C@H](O)[C@H]2NC(C)=O)[C@@H](CO)O[C@H]1O. The van der Waals surface area contributed by atoms with Gasteiger partial charge in [0.1, 0.15) is 268 Å². The van der Waals surface area contributed by atoms with Crippen molar-refractivity contribution in [1.29, 1.82) is 0 Å². The van der Waals surface area contributed by atoms with E-state index in [1.165, 1.54) is 0 Å². The predicted molar refractivity (Wildman–Crippen MR) is 420 cm³/mol. The summed E-state index contributed by atoms with van der Waals surface area (Å²) in [5.74, 6) is -4.74. The first-order valence-electron chi connectivity index (χ1n) is 43.7. The van der Waals surface area contributed by atoms with E-state index in [2.05, 4.69) is 26.6 Å². The van der Waals surface area contributed by atoms with Gasteiger partial charge < -0.3 is 279 Å². The van der Waals surface area contributed by atoms with Crippen LogP contribution >= 0.6 is 0 Å². The van der Waals surface area contributed by atoms with Gasteiger partial charge in [0, 0.05) is 34.6 Å². The van der Waals surface area contributed by atoms with Crippen LogP contribution in [0.1, 0.15) is 34.6 Å². The van der Waals surface area contributed by atoms with Gasteiger partial charge in [-0.1, -0.05) is 0 Å². The first-order valence-corrected chi connectivity index (χ1v) is 43.7. The maximum atomic E-state index is 13.4. The van der Waals surface area contributed by atoms with E-state index >= 15 is 0 Å². The minimum atomic E-state index is -2.66. The maximum absolute atomic E-state index is 13.4. The Morgan fingerprint density at radius 3 is 0.701 bits per heavy atom. The Labute approximate surface area is 775 Å². The molecule has 137 heavy (non-hydrogen) atoms. The number of rotatable bonds is 36. The molecule has 61 heteroatoms. The van der Waals surface area contributed by atoms with Crippen molar-refractivity contribution in [3.8, 4) is 0 Å². The molecular weight excluding hydrogens is 1880 g/mol. The monoisotopic (exact) mass is 2010 g/mol. The molecule has 5 amide bonds. The van der Waals surface area contributed by atoms with Crippen LogP contribution in [0.5, 0.6) is 0 Å². The fourth-order valence-corrected chi connectivity index (χ4v) is 17.8. The molecule has 0 radical (unpaired) electrons. The minimum absolute atomic E-state index is 0.815. The average Bonchev–Trinajstić information content (AvgIpc) is 0.755. The van der Waals surface area contributed by atoms with E-state index in [-0.39, 0.29) is 0 Å². The lowest BCUT2D eigenvalue weighted by Crippen LogP contribution is -2.71. The van der Waals surface area contributed by atoms with Crippen molar-refractivity contribution in [3.05, 3.63) is 0 Å². The molecule has 792 valence electrons. The largest absolute Gasteiger partial charge is 0.394 e. The van der Waals surface area contributed by atoms with Crippen molar-refractivity contribution in [2.75, 3.05) is 72.7 Å². The molecule has 11 aliphatic heterocycles. The Hall–Kier alpha value is -4.69. The first-order chi connectivity index (χ1) is 64.9. The third kappa shape index (κ3) is 25.0. The molecule has 11 heterocycles. The van der Waals surface area contributed by atoms with Gasteiger partial charge in [-0.05, 0) is 0 Å². The van der Waals surface area contributed by atoms with E-state index in [4.69, 9.17) is 99.5 Å². The molecule has 55 atom stereocenters. The van der Waals surface area contributed by atoms with Crippen LogP contribution < -0.4 is 26.6 Å². The number of ether oxygens (including phenoxy) is 21. The molecular formula is C76H127N5O56. The summed E-state index contributed by atoms with van der Waals surface area (Å²) in [5.41, 5.74) is 0. The summed E-state index contributed by atoms with van der Waals surface area (Å²) in [6.07, 6.45) is -107. The second-order valence-electron chi connectivity index (χ2n) is 34.5. The van der Waals surface area contributed by atoms with Crippen LogP contribution in [0.4, 0.5) is 0 Å². The van der Waals surface area contributed by atoms with E-state index in [0.29, 0.717) is 0 Å². The highest BCUT2D eigenvalue weighted by Crippen LogP contribution is 2.42. The molecule has 0 unspecified atom stereocenters. The molecule has 0 aliphatic carbocycles. The molecule has 61 nitrogen and oxygen atoms in total. The van der Waals surface area contributed by atoms with Gasteiger partial charge in [0.15, 0.2) is 69.2 Å². The molecule has 0 aromatic rings. The fraction of sp³-hybridized carbons (Fsp3) is 0.934. The zero-order valence-corrected chi connectivity index (χ0v) is 73.6. The molecule has 11 fully saturated rings. The lowest BCUT2D eigenvalue weighted by atomic mass is 9.93. The van der Waals surface area contributed by atoms with Crippen molar-refractivity contribution in [1.82, 2.24) is 26.6 Å². The number of aliphatic hydroxyl groups excluding tert-OH is 30. The average molecular weight is 2010 g/mol. The Bertz CT molecular complexity index is 3780. The summed E-state index contributed by atoms with van der Waals surface area (Å²) in [5, 5.41) is 349. The Kier molecular flexibility index (Phi) is 40.7. The van der Waals surface area contributed by atoms with Crippen LogP contribution in [0, 0.1) is 0 Å². The highest BCUT2D eigenvalue weighted by molar-refractivity contribution is 5.75. The lowest BCUT2D eigenvalue weighted by molar-refractivity contribution is -0.400. The highest BCUT2D eigenvalue weighted by Gasteiger charge is 2.63. The smallest absolute Gasteiger partial charge is 0.217 e. The number of hydrogen-bond donors (Lipinski definition) is 35. The van der Waals surface area contributed by atoms with E-state index in [9.17, 15) is 177 Å². The van der Waals surface area contributed by atoms with Gasteiger partial charge in [0.05, 0.1) is 72.7 Å². The quantitative estimate of drug-likeness (QED) is 0.0277. The Morgan fingerprint density at radius 1 is 0.190 bits per heavy atom. The fourth-order valence-electron chi connectivity index (χ4n) is 17.8. The molecule has 0 aromatic heterocycles. The summed E-state index contributed by atoms with van der Waals surface area (Å²) in [6.45, 7) is -7.92. The minimum Gasteiger partial charge on any atom is -0.394 e. The van der Waals surface area contributed by atoms with Crippen LogP contribution in [-0.2, 0) is 123 Å². The predicted octanol–water partition coefficient (Wildman–Crippen LogP) is -24.3. The lowest BCUT2D eigenvalue weighted by Gasteiger charge is -2.51. The van der Waals surface area contributed by atoms with Crippen LogP contribution in [0.25, 0.3) is 0 Å². The van der Waals surface area contributed by atoms with E-state index in [0.717, 1.165) is 34.6 Å². The summed E-state index contributed by atoms with van der Waals surface area (Å²) in [4.78, 5) is 64.5. The second-order valence-corrected chi connectivity index (χ2v) is 34.5. The molecule has 11 rings (SSSR count). The first kappa shape index (κ1) is 113. The van der Waals surface area contributed by atoms with E-state index in [1.807, 2.05) is 0 Å². The van der Waals surface area contributed by atoms with Crippen molar-refractivity contribution in [2.45, 2.75) is 372 Å². The summed E-state index contributed by atoms with van der Waals surface area (Å²) in [7, 11) is 0. The van der Waals surface area contributed by atoms with Crippen LogP contribution in [0.15, 0.2) is 0 Å². The third-order valence-corrected chi connectivity index (χ3v) is 25.0. The summed E-state index contributed by atoms with van der Waals surface area (Å²) in [6, 6.07) is -9.62. The number of amides is 5. The van der Waals surface area contributed by atoms with Gasteiger partial charge in [0.25, 0.3) is 0 Å². The number of aliphatic hydroxyl groups is 30. The van der Waals surface area contributed by atoms with E-state index in [1.54, 1.807) is 0 Å². The Morgan fingerprint density at radius 2 is 0.394 bits per heavy atom. The second kappa shape index (κ2) is 49.5. The molecule has 11 saturated heterocycles. The molecule has 0 saturated carbocycles. The highest BCUT2D eigenvalue weighted by atomic mass is 16.8. The van der Waals surface area contributed by atoms with Crippen LogP contribution in [0.3, 0.4) is 0 Å². The zero-order chi connectivity index (χ0) is 101. The number of nitrogens with one attached hydrogen (secondary N) is 5. The van der Waals surface area contributed by atoms with Gasteiger partial charge in [0.2, 0.25) is 29.5 Å². The number of carbonyl (C=O) groups excluding carboxylic acids is 5. The van der Waals surface area contributed by atoms with Crippen molar-refractivity contribution < 1.29 is 277 Å². The molecule has 35 N–H and O–H groups in total. The maximum Gasteiger partial charge on any atom is 0.217 e. The molecule has 11 aliphatic rings. The third-order valence-electron chi connectivity index (χ3n) is 25.0. The van der Waals surface area contributed by atoms with Gasteiger partial charge in [-0.2, -0.15) is 0 Å². The van der Waals surface area contributed by atoms with Gasteiger partial charge in [-0.3, -0.25) is 24.0 Å². The van der Waals surface area contributed by atoms with Crippen LogP contribution in [0.2, 0.25) is 0 Å². The number of hydrogen-bond acceptors (Lipinski definition) is 56. The number of carbonyl (C=O) groups is 5. The molecule has 0 spiro atoms. The van der Waals surface area contributed by atoms with Gasteiger partial charge in [-0.15, -0.1) is 0 Å². The van der Waals surface area contributed by atoms with Crippen molar-refractivity contribution in [2.24, 2.45) is 0 Å². The standard InChI is InChI=1S/C76H127N5O56/c1-17(92)77-33-44(103)57(27(11-87)118-66(33)116)129-67-34(78-18(2)93)45(104)61(30(14-90)124-67)133-74-56(115)63(43(102)32(128-74)16-117-75-64(51(110)40(99)24(8-84)122-75)136-69-36(80-20(4)95)47(106)59(29(13-89)126-69)131-72-54(113)50(109)39(98)23(7-83)120-72)135-76-65(52(111)41(100)25(9-85)123-76)137-70-37(81-21(5)96)48(107)60(31(15-91)127-70)132-73-55(114)62(42(101)26(10-86)121-73)134-68-35(79-19(3)94)46(105)58(28(12-88)125-68)130-71-53(112)49(108)38(97)22(6-82)119-71/h22-76,82-91,97-116H,6-16H2,1-5H3,(H,77,92)(H,78,93)(H,79,94)(H,80,95)(H,81,96)/t22-,23-,24-,25-,26-,27-,28-,29-,30-,31-,32-,33-,34-,35-,36-,37-,38+,39+,40-,41-,42+,43-,44-,45-,46-,47-,48-,49+,50+,51+,52+,53-,54-,55-,56+,57-,58-,59-,60-,61-,62+,63+,64+,65+,66-,67+,68+,69+,70+,71+,72+,73+,74+,75+,76-/m1/s1. The Balaban J connectivity index is 0.893. The normalized spacial score (nSPS) is 48.9. The van der Waals surface area contributed by atoms with Crippen molar-refractivity contribution in [3.63, 3.8) is 0 Å². The van der Waals surface area contributed by atoms with Crippen LogP contribution in [-0.4, -0.2) is 593 Å². The van der Waals surface area contributed by atoms with Gasteiger partial charge >= 0.3 is 0 Å². The molecule has 0 aromatic carbocycles. The summed E-state index contributed by atoms with van der Waals surface area (Å²) < 4.78 is 125. The topological polar surface area (TPSA) is 946 Å². The van der Waals surface area contributed by atoms with Gasteiger partial charge in [-0.25, -0.2) is 0 Å². The molecule has 0 bridgehead atoms.